The first kappa shape index (κ1) is 14.6. The third-order valence-corrected chi connectivity index (χ3v) is 3.35. The van der Waals surface area contributed by atoms with E-state index in [4.69, 9.17) is 5.84 Å². The largest absolute Gasteiger partial charge is 0.393 e. The number of amides is 1. The van der Waals surface area contributed by atoms with Crippen molar-refractivity contribution in [3.8, 4) is 0 Å². The number of hydrogen-bond acceptors (Lipinski definition) is 4. The van der Waals surface area contributed by atoms with Gasteiger partial charge in [0.2, 0.25) is 0 Å². The molecule has 1 amide bonds. The monoisotopic (exact) mass is 288 g/mol. The van der Waals surface area contributed by atoms with Gasteiger partial charge < -0.3 is 10.3 Å². The van der Waals surface area contributed by atoms with Crippen molar-refractivity contribution >= 4 is 11.7 Å². The molecule has 1 unspecified atom stereocenters. The minimum atomic E-state index is -4.27. The summed E-state index contributed by atoms with van der Waals surface area (Å²) in [5.41, 5.74) is 2.45. The van der Waals surface area contributed by atoms with E-state index in [1.807, 2.05) is 0 Å². The number of carbonyl (C=O) groups excluding carboxylic acids is 1. The Kier molecular flexibility index (Phi) is 4.12. The SMILES string of the molecule is NNc1ncccc1C(=O)N1CCCC(C(F)(F)F)C1. The third-order valence-electron chi connectivity index (χ3n) is 3.35. The van der Waals surface area contributed by atoms with E-state index in [-0.39, 0.29) is 24.3 Å². The fourth-order valence-electron chi connectivity index (χ4n) is 2.29. The molecule has 0 radical (unpaired) electrons. The molecule has 1 aromatic heterocycles. The van der Waals surface area contributed by atoms with Gasteiger partial charge in [0.25, 0.3) is 5.91 Å². The number of nitrogens with two attached hydrogens (primary N) is 1. The van der Waals surface area contributed by atoms with Gasteiger partial charge in [0.15, 0.2) is 5.82 Å². The predicted octanol–water partition coefficient (Wildman–Crippen LogP) is 1.78. The number of halogens is 3. The third kappa shape index (κ3) is 3.01. The van der Waals surface area contributed by atoms with Crippen molar-refractivity contribution in [2.24, 2.45) is 11.8 Å². The number of hydrogen-bond donors (Lipinski definition) is 2. The molecule has 2 rings (SSSR count). The molecule has 1 atom stereocenters. The van der Waals surface area contributed by atoms with Gasteiger partial charge in [-0.05, 0) is 25.0 Å². The summed E-state index contributed by atoms with van der Waals surface area (Å²) in [4.78, 5) is 17.4. The van der Waals surface area contributed by atoms with Gasteiger partial charge in [0.1, 0.15) is 0 Å². The number of piperidine rings is 1. The van der Waals surface area contributed by atoms with Crippen LogP contribution in [0.5, 0.6) is 0 Å². The van der Waals surface area contributed by atoms with Gasteiger partial charge in [-0.3, -0.25) is 4.79 Å². The van der Waals surface area contributed by atoms with Crippen LogP contribution in [0.4, 0.5) is 19.0 Å². The van der Waals surface area contributed by atoms with Gasteiger partial charge in [-0.25, -0.2) is 10.8 Å². The minimum Gasteiger partial charge on any atom is -0.338 e. The van der Waals surface area contributed by atoms with E-state index in [9.17, 15) is 18.0 Å². The molecule has 0 saturated carbocycles. The number of pyridine rings is 1. The van der Waals surface area contributed by atoms with E-state index < -0.39 is 18.0 Å². The Labute approximate surface area is 113 Å². The maximum atomic E-state index is 12.7. The highest BCUT2D eigenvalue weighted by molar-refractivity contribution is 5.98. The van der Waals surface area contributed by atoms with Crippen LogP contribution in [0.1, 0.15) is 23.2 Å². The van der Waals surface area contributed by atoms with Crippen LogP contribution in [-0.4, -0.2) is 35.1 Å². The van der Waals surface area contributed by atoms with Crippen LogP contribution in [0.3, 0.4) is 0 Å². The standard InChI is InChI=1S/C12H15F3N4O/c13-12(14,15)8-3-2-6-19(7-8)11(20)9-4-1-5-17-10(9)18-16/h1,4-5,8H,2-3,6-7,16H2,(H,17,18). The summed E-state index contributed by atoms with van der Waals surface area (Å²) in [6.07, 6.45) is -2.44. The summed E-state index contributed by atoms with van der Waals surface area (Å²) >= 11 is 0. The van der Waals surface area contributed by atoms with Crippen molar-refractivity contribution in [1.29, 1.82) is 0 Å². The Morgan fingerprint density at radius 1 is 1.50 bits per heavy atom. The van der Waals surface area contributed by atoms with Gasteiger partial charge in [-0.15, -0.1) is 0 Å². The van der Waals surface area contributed by atoms with Crippen molar-refractivity contribution in [1.82, 2.24) is 9.88 Å². The topological polar surface area (TPSA) is 71.2 Å². The smallest absolute Gasteiger partial charge is 0.338 e. The first-order chi connectivity index (χ1) is 9.43. The number of nitrogens with one attached hydrogen (secondary N) is 1. The molecule has 0 spiro atoms. The highest BCUT2D eigenvalue weighted by Gasteiger charge is 2.42. The number of hydrazine groups is 1. The number of rotatable bonds is 2. The Hall–Kier alpha value is -1.83. The minimum absolute atomic E-state index is 0.0579. The average Bonchev–Trinajstić information content (AvgIpc) is 2.45. The van der Waals surface area contributed by atoms with Gasteiger partial charge >= 0.3 is 6.18 Å². The number of alkyl halides is 3. The van der Waals surface area contributed by atoms with E-state index in [1.54, 1.807) is 6.07 Å². The van der Waals surface area contributed by atoms with Crippen LogP contribution >= 0.6 is 0 Å². The van der Waals surface area contributed by atoms with Crippen LogP contribution < -0.4 is 11.3 Å². The van der Waals surface area contributed by atoms with E-state index >= 15 is 0 Å². The molecule has 3 N–H and O–H groups in total. The van der Waals surface area contributed by atoms with Crippen molar-refractivity contribution < 1.29 is 18.0 Å². The molecular weight excluding hydrogens is 273 g/mol. The Balaban J connectivity index is 2.17. The molecular formula is C12H15F3N4O. The molecule has 0 aromatic carbocycles. The number of nitrogens with zero attached hydrogens (tertiary/aromatic N) is 2. The molecule has 0 aliphatic carbocycles. The lowest BCUT2D eigenvalue weighted by Crippen LogP contribution is -2.44. The highest BCUT2D eigenvalue weighted by atomic mass is 19.4. The normalized spacial score (nSPS) is 19.8. The second-order valence-electron chi connectivity index (χ2n) is 4.68. The molecule has 5 nitrogen and oxygen atoms in total. The summed E-state index contributed by atoms with van der Waals surface area (Å²) in [6, 6.07) is 3.03. The summed E-state index contributed by atoms with van der Waals surface area (Å²) in [5, 5.41) is 0. The van der Waals surface area contributed by atoms with Crippen molar-refractivity contribution in [2.45, 2.75) is 19.0 Å². The molecule has 1 aromatic rings. The number of nitrogen functional groups attached to an aromatic ring is 1. The van der Waals surface area contributed by atoms with Crippen LogP contribution in [0.2, 0.25) is 0 Å². The molecule has 1 saturated heterocycles. The molecule has 2 heterocycles. The van der Waals surface area contributed by atoms with Gasteiger partial charge in [0, 0.05) is 19.3 Å². The summed E-state index contributed by atoms with van der Waals surface area (Å²) < 4.78 is 38.2. The Morgan fingerprint density at radius 2 is 2.25 bits per heavy atom. The number of likely N-dealkylation sites (tertiary alicyclic amines) is 1. The lowest BCUT2D eigenvalue weighted by molar-refractivity contribution is -0.184. The van der Waals surface area contributed by atoms with E-state index in [1.165, 1.54) is 17.2 Å². The van der Waals surface area contributed by atoms with Crippen molar-refractivity contribution in [3.05, 3.63) is 23.9 Å². The average molecular weight is 288 g/mol. The molecule has 1 aliphatic heterocycles. The van der Waals surface area contributed by atoms with E-state index in [0.717, 1.165) is 0 Å². The number of aromatic nitrogens is 1. The molecule has 1 fully saturated rings. The first-order valence-corrected chi connectivity index (χ1v) is 6.21. The number of carbonyl (C=O) groups is 1. The maximum absolute atomic E-state index is 12.7. The van der Waals surface area contributed by atoms with Gasteiger partial charge in [-0.2, -0.15) is 13.2 Å². The Morgan fingerprint density at radius 3 is 2.90 bits per heavy atom. The fourth-order valence-corrected chi connectivity index (χ4v) is 2.29. The predicted molar refractivity (Wildman–Crippen MR) is 66.7 cm³/mol. The summed E-state index contributed by atoms with van der Waals surface area (Å²) in [6.45, 7) is -0.00837. The van der Waals surface area contributed by atoms with Crippen LogP contribution in [-0.2, 0) is 0 Å². The van der Waals surface area contributed by atoms with Crippen LogP contribution in [0, 0.1) is 5.92 Å². The lowest BCUT2D eigenvalue weighted by atomic mass is 9.97. The van der Waals surface area contributed by atoms with E-state index in [2.05, 4.69) is 10.4 Å². The van der Waals surface area contributed by atoms with Gasteiger partial charge in [-0.1, -0.05) is 0 Å². The zero-order valence-electron chi connectivity index (χ0n) is 10.7. The lowest BCUT2D eigenvalue weighted by Gasteiger charge is -2.33. The van der Waals surface area contributed by atoms with Crippen molar-refractivity contribution in [3.63, 3.8) is 0 Å². The molecule has 8 heteroatoms. The molecule has 1 aliphatic rings. The zero-order chi connectivity index (χ0) is 14.8. The Bertz CT molecular complexity index is 492. The number of anilines is 1. The molecule has 20 heavy (non-hydrogen) atoms. The highest BCUT2D eigenvalue weighted by Crippen LogP contribution is 2.33. The summed E-state index contributed by atoms with van der Waals surface area (Å²) in [7, 11) is 0. The van der Waals surface area contributed by atoms with Gasteiger partial charge in [0.05, 0.1) is 11.5 Å². The van der Waals surface area contributed by atoms with E-state index in [0.29, 0.717) is 13.0 Å². The molecule has 110 valence electrons. The van der Waals surface area contributed by atoms with Crippen LogP contribution in [0.15, 0.2) is 18.3 Å². The maximum Gasteiger partial charge on any atom is 0.393 e. The quantitative estimate of drug-likeness (QED) is 0.643. The second-order valence-corrected chi connectivity index (χ2v) is 4.68. The second kappa shape index (κ2) is 5.66. The fraction of sp³-hybridized carbons (Fsp3) is 0.500. The summed E-state index contributed by atoms with van der Waals surface area (Å²) in [5.74, 6) is 3.46. The first-order valence-electron chi connectivity index (χ1n) is 6.21. The van der Waals surface area contributed by atoms with Crippen LogP contribution in [0.25, 0.3) is 0 Å². The van der Waals surface area contributed by atoms with Crippen molar-refractivity contribution in [2.75, 3.05) is 18.5 Å². The zero-order valence-corrected chi connectivity index (χ0v) is 10.7. The molecule has 0 bridgehead atoms.